The molecule has 0 bridgehead atoms. The van der Waals surface area contributed by atoms with Gasteiger partial charge in [-0.25, -0.2) is 22.7 Å². The number of H-pyrrole nitrogens is 1. The SMILES string of the molecule is CN(c1ncnc2[nH]ccc12)[C@H]1CC[C@H](CS(=O)(=O)N2CCCC(C#N)C2)CC1. The van der Waals surface area contributed by atoms with Crippen LogP contribution in [0.15, 0.2) is 18.6 Å². The van der Waals surface area contributed by atoms with Gasteiger partial charge >= 0.3 is 0 Å². The number of aromatic nitrogens is 3. The minimum absolute atomic E-state index is 0.166. The second-order valence-corrected chi connectivity index (χ2v) is 10.3. The molecule has 1 saturated carbocycles. The molecule has 0 amide bonds. The van der Waals surface area contributed by atoms with Crippen molar-refractivity contribution in [3.05, 3.63) is 18.6 Å². The number of nitriles is 1. The number of aromatic amines is 1. The molecule has 9 heteroatoms. The van der Waals surface area contributed by atoms with Gasteiger partial charge in [0, 0.05) is 32.4 Å². The summed E-state index contributed by atoms with van der Waals surface area (Å²) in [6.07, 6.45) is 8.72. The third kappa shape index (κ3) is 4.23. The first-order valence-electron chi connectivity index (χ1n) is 10.4. The van der Waals surface area contributed by atoms with E-state index in [-0.39, 0.29) is 17.6 Å². The largest absolute Gasteiger partial charge is 0.356 e. The molecular weight excluding hydrogens is 388 g/mol. The van der Waals surface area contributed by atoms with Gasteiger partial charge in [-0.2, -0.15) is 5.26 Å². The molecule has 0 aromatic carbocycles. The Balaban J connectivity index is 1.36. The minimum atomic E-state index is -3.29. The predicted molar refractivity (Wildman–Crippen MR) is 112 cm³/mol. The number of piperidine rings is 1. The molecule has 2 aromatic heterocycles. The lowest BCUT2D eigenvalue weighted by molar-refractivity contribution is 0.295. The highest BCUT2D eigenvalue weighted by molar-refractivity contribution is 7.89. The molecule has 1 aliphatic heterocycles. The first-order valence-corrected chi connectivity index (χ1v) is 12.0. The molecular formula is C20H28N6O2S. The topological polar surface area (TPSA) is 106 Å². The molecule has 29 heavy (non-hydrogen) atoms. The lowest BCUT2D eigenvalue weighted by atomic mass is 9.86. The van der Waals surface area contributed by atoms with Crippen molar-refractivity contribution in [3.63, 3.8) is 0 Å². The summed E-state index contributed by atoms with van der Waals surface area (Å²) in [5.41, 5.74) is 0.832. The van der Waals surface area contributed by atoms with Gasteiger partial charge in [-0.05, 0) is 50.5 Å². The molecule has 8 nitrogen and oxygen atoms in total. The quantitative estimate of drug-likeness (QED) is 0.803. The molecule has 1 aliphatic carbocycles. The Morgan fingerprint density at radius 2 is 2.07 bits per heavy atom. The van der Waals surface area contributed by atoms with Crippen molar-refractivity contribution in [1.29, 1.82) is 5.26 Å². The molecule has 1 saturated heterocycles. The summed E-state index contributed by atoms with van der Waals surface area (Å²) in [5.74, 6) is 1.14. The molecule has 156 valence electrons. The van der Waals surface area contributed by atoms with Crippen molar-refractivity contribution in [3.8, 4) is 6.07 Å². The minimum Gasteiger partial charge on any atom is -0.356 e. The third-order valence-electron chi connectivity index (χ3n) is 6.44. The van der Waals surface area contributed by atoms with Gasteiger partial charge in [-0.15, -0.1) is 0 Å². The van der Waals surface area contributed by atoms with Crippen LogP contribution in [0.4, 0.5) is 5.82 Å². The fraction of sp³-hybridized carbons (Fsp3) is 0.650. The van der Waals surface area contributed by atoms with E-state index < -0.39 is 10.0 Å². The number of hydrogen-bond donors (Lipinski definition) is 1. The Morgan fingerprint density at radius 3 is 2.83 bits per heavy atom. The summed E-state index contributed by atoms with van der Waals surface area (Å²) < 4.78 is 27.3. The highest BCUT2D eigenvalue weighted by Gasteiger charge is 2.33. The predicted octanol–water partition coefficient (Wildman–Crippen LogP) is 2.52. The maximum atomic E-state index is 12.9. The van der Waals surface area contributed by atoms with Gasteiger partial charge in [0.1, 0.15) is 17.8 Å². The number of anilines is 1. The standard InChI is InChI=1S/C20H28N6O2S/c1-25(20-18-8-9-22-19(18)23-14-24-20)17-6-4-15(5-7-17)13-29(27,28)26-10-2-3-16(11-21)12-26/h8-9,14-17H,2-7,10,12-13H2,1H3,(H,22,23,24)/t15-,16?,17-. The van der Waals surface area contributed by atoms with E-state index in [1.807, 2.05) is 12.3 Å². The molecule has 2 aromatic rings. The highest BCUT2D eigenvalue weighted by atomic mass is 32.2. The molecule has 3 heterocycles. The Morgan fingerprint density at radius 1 is 1.28 bits per heavy atom. The Bertz CT molecular complexity index is 990. The van der Waals surface area contributed by atoms with Crippen molar-refractivity contribution in [2.75, 3.05) is 30.8 Å². The fourth-order valence-electron chi connectivity index (χ4n) is 4.72. The van der Waals surface area contributed by atoms with Crippen molar-refractivity contribution in [2.24, 2.45) is 11.8 Å². The lowest BCUT2D eigenvalue weighted by Crippen LogP contribution is -2.43. The molecule has 1 N–H and O–H groups in total. The fourth-order valence-corrected chi connectivity index (χ4v) is 6.67. The van der Waals surface area contributed by atoms with Crippen LogP contribution in [0.3, 0.4) is 0 Å². The van der Waals surface area contributed by atoms with Gasteiger partial charge in [-0.1, -0.05) is 0 Å². The van der Waals surface area contributed by atoms with E-state index in [1.165, 1.54) is 0 Å². The molecule has 2 aliphatic rings. The van der Waals surface area contributed by atoms with Gasteiger partial charge in [0.25, 0.3) is 0 Å². The van der Waals surface area contributed by atoms with Gasteiger partial charge in [-0.3, -0.25) is 0 Å². The van der Waals surface area contributed by atoms with E-state index in [9.17, 15) is 8.42 Å². The van der Waals surface area contributed by atoms with Crippen LogP contribution in [-0.2, 0) is 10.0 Å². The average Bonchev–Trinajstić information content (AvgIpc) is 3.22. The Labute approximate surface area is 172 Å². The molecule has 0 spiro atoms. The number of sulfonamides is 1. The van der Waals surface area contributed by atoms with E-state index in [2.05, 4.69) is 33.0 Å². The zero-order valence-electron chi connectivity index (χ0n) is 16.8. The van der Waals surface area contributed by atoms with Gasteiger partial charge in [0.2, 0.25) is 10.0 Å². The molecule has 2 fully saturated rings. The second kappa shape index (κ2) is 8.28. The van der Waals surface area contributed by atoms with Crippen LogP contribution in [0.5, 0.6) is 0 Å². The number of rotatable bonds is 5. The van der Waals surface area contributed by atoms with Crippen LogP contribution in [0, 0.1) is 23.2 Å². The highest BCUT2D eigenvalue weighted by Crippen LogP contribution is 2.33. The monoisotopic (exact) mass is 416 g/mol. The number of fused-ring (bicyclic) bond motifs is 1. The van der Waals surface area contributed by atoms with Gasteiger partial charge < -0.3 is 9.88 Å². The summed E-state index contributed by atoms with van der Waals surface area (Å²) in [7, 11) is -1.23. The Kier molecular flexibility index (Phi) is 5.74. The van der Waals surface area contributed by atoms with Crippen LogP contribution < -0.4 is 4.90 Å². The summed E-state index contributed by atoms with van der Waals surface area (Å²) in [5, 5.41) is 10.1. The van der Waals surface area contributed by atoms with Crippen LogP contribution in [0.2, 0.25) is 0 Å². The first-order chi connectivity index (χ1) is 14.0. The maximum Gasteiger partial charge on any atom is 0.214 e. The zero-order valence-corrected chi connectivity index (χ0v) is 17.6. The molecule has 4 rings (SSSR count). The van der Waals surface area contributed by atoms with E-state index >= 15 is 0 Å². The smallest absolute Gasteiger partial charge is 0.214 e. The average molecular weight is 417 g/mol. The van der Waals surface area contributed by atoms with Crippen LogP contribution in [0.25, 0.3) is 11.0 Å². The first kappa shape index (κ1) is 20.1. The van der Waals surface area contributed by atoms with Crippen LogP contribution >= 0.6 is 0 Å². The van der Waals surface area contributed by atoms with Crippen molar-refractivity contribution in [1.82, 2.24) is 19.3 Å². The van der Waals surface area contributed by atoms with Gasteiger partial charge in [0.05, 0.1) is 23.1 Å². The summed E-state index contributed by atoms with van der Waals surface area (Å²) >= 11 is 0. The van der Waals surface area contributed by atoms with Crippen molar-refractivity contribution >= 4 is 26.9 Å². The summed E-state index contributed by atoms with van der Waals surface area (Å²) in [6.45, 7) is 0.913. The number of nitrogens with one attached hydrogen (secondary N) is 1. The number of nitrogens with zero attached hydrogens (tertiary/aromatic N) is 5. The summed E-state index contributed by atoms with van der Waals surface area (Å²) in [6, 6.07) is 4.57. The van der Waals surface area contributed by atoms with E-state index in [1.54, 1.807) is 10.6 Å². The number of hydrogen-bond acceptors (Lipinski definition) is 6. The molecule has 1 atom stereocenters. The van der Waals surface area contributed by atoms with E-state index in [4.69, 9.17) is 5.26 Å². The van der Waals surface area contributed by atoms with Crippen LogP contribution in [-0.4, -0.2) is 59.6 Å². The molecule has 0 radical (unpaired) electrons. The van der Waals surface area contributed by atoms with Gasteiger partial charge in [0.15, 0.2) is 0 Å². The maximum absolute atomic E-state index is 12.9. The Hall–Kier alpha value is -2.18. The summed E-state index contributed by atoms with van der Waals surface area (Å²) in [4.78, 5) is 14.1. The second-order valence-electron chi connectivity index (χ2n) is 8.33. The normalized spacial score (nSPS) is 26.3. The van der Waals surface area contributed by atoms with E-state index in [0.29, 0.717) is 19.1 Å². The van der Waals surface area contributed by atoms with E-state index in [0.717, 1.165) is 55.4 Å². The van der Waals surface area contributed by atoms with Crippen molar-refractivity contribution in [2.45, 2.75) is 44.6 Å². The zero-order chi connectivity index (χ0) is 20.4. The molecule has 1 unspecified atom stereocenters. The van der Waals surface area contributed by atoms with Crippen LogP contribution in [0.1, 0.15) is 38.5 Å². The van der Waals surface area contributed by atoms with Crippen molar-refractivity contribution < 1.29 is 8.42 Å². The lowest BCUT2D eigenvalue weighted by Gasteiger charge is -2.36. The third-order valence-corrected chi connectivity index (χ3v) is 8.45.